The molecule has 0 aliphatic carbocycles. The number of nitriles is 1. The van der Waals surface area contributed by atoms with Crippen molar-refractivity contribution >= 4 is 17.5 Å². The van der Waals surface area contributed by atoms with Crippen molar-refractivity contribution in [2.75, 3.05) is 0 Å². The Morgan fingerprint density at radius 2 is 2.29 bits per heavy atom. The quantitative estimate of drug-likeness (QED) is 0.893. The van der Waals surface area contributed by atoms with Crippen LogP contribution in [0.4, 0.5) is 0 Å². The highest BCUT2D eigenvalue weighted by atomic mass is 35.5. The summed E-state index contributed by atoms with van der Waals surface area (Å²) in [4.78, 5) is 12.0. The molecule has 0 heterocycles. The van der Waals surface area contributed by atoms with Gasteiger partial charge in [0, 0.05) is 16.6 Å². The Bertz CT molecular complexity index is 451. The molecule has 90 valence electrons. The first kappa shape index (κ1) is 13.5. The molecule has 4 heteroatoms. The third-order valence-electron chi connectivity index (χ3n) is 2.68. The van der Waals surface area contributed by atoms with Crippen molar-refractivity contribution in [3.63, 3.8) is 0 Å². The smallest absolute Gasteiger partial charge is 0.251 e. The fourth-order valence-corrected chi connectivity index (χ4v) is 1.70. The van der Waals surface area contributed by atoms with E-state index in [1.807, 2.05) is 13.8 Å². The van der Waals surface area contributed by atoms with E-state index >= 15 is 0 Å². The van der Waals surface area contributed by atoms with Crippen molar-refractivity contribution in [3.8, 4) is 6.07 Å². The third kappa shape index (κ3) is 3.47. The number of benzene rings is 1. The lowest BCUT2D eigenvalue weighted by Gasteiger charge is -2.15. The molecule has 1 N–H and O–H groups in total. The Morgan fingerprint density at radius 1 is 1.59 bits per heavy atom. The molecule has 0 fully saturated rings. The Balaban J connectivity index is 2.83. The molecule has 0 aliphatic heterocycles. The van der Waals surface area contributed by atoms with Crippen LogP contribution < -0.4 is 5.32 Å². The Kier molecular flexibility index (Phi) is 4.99. The molecule has 3 nitrogen and oxygen atoms in total. The summed E-state index contributed by atoms with van der Waals surface area (Å²) in [5.74, 6) is -0.174. The van der Waals surface area contributed by atoms with Crippen LogP contribution in [0.3, 0.4) is 0 Å². The van der Waals surface area contributed by atoms with Gasteiger partial charge < -0.3 is 5.32 Å². The molecule has 1 unspecified atom stereocenters. The van der Waals surface area contributed by atoms with Gasteiger partial charge in [0.2, 0.25) is 0 Å². The maximum absolute atomic E-state index is 12.0. The standard InChI is InChI=1S/C13H15ClN2O/c1-3-10(7-8-15)16-13(17)11-5-4-6-12(14)9(11)2/h4-6,10H,3,7H2,1-2H3,(H,16,17). The van der Waals surface area contributed by atoms with Gasteiger partial charge in [-0.05, 0) is 31.0 Å². The van der Waals surface area contributed by atoms with E-state index < -0.39 is 0 Å². The molecule has 0 saturated carbocycles. The zero-order valence-corrected chi connectivity index (χ0v) is 10.7. The van der Waals surface area contributed by atoms with Crippen LogP contribution in [0.1, 0.15) is 35.7 Å². The number of amides is 1. The summed E-state index contributed by atoms with van der Waals surface area (Å²) >= 11 is 5.96. The first-order valence-electron chi connectivity index (χ1n) is 5.53. The van der Waals surface area contributed by atoms with Crippen molar-refractivity contribution < 1.29 is 4.79 Å². The second kappa shape index (κ2) is 6.27. The highest BCUT2D eigenvalue weighted by Crippen LogP contribution is 2.18. The van der Waals surface area contributed by atoms with Gasteiger partial charge in [-0.3, -0.25) is 4.79 Å². The fourth-order valence-electron chi connectivity index (χ4n) is 1.52. The minimum Gasteiger partial charge on any atom is -0.348 e. The minimum absolute atomic E-state index is 0.106. The zero-order chi connectivity index (χ0) is 12.8. The zero-order valence-electron chi connectivity index (χ0n) is 9.96. The van der Waals surface area contributed by atoms with Crippen LogP contribution >= 0.6 is 11.6 Å². The summed E-state index contributed by atoms with van der Waals surface area (Å²) in [6.45, 7) is 3.75. The van der Waals surface area contributed by atoms with Gasteiger partial charge in [-0.25, -0.2) is 0 Å². The normalized spacial score (nSPS) is 11.6. The van der Waals surface area contributed by atoms with E-state index in [4.69, 9.17) is 16.9 Å². The lowest BCUT2D eigenvalue weighted by Crippen LogP contribution is -2.34. The van der Waals surface area contributed by atoms with Gasteiger partial charge in [0.1, 0.15) is 0 Å². The van der Waals surface area contributed by atoms with Gasteiger partial charge in [-0.1, -0.05) is 24.6 Å². The second-order valence-corrected chi connectivity index (χ2v) is 4.26. The van der Waals surface area contributed by atoms with E-state index in [2.05, 4.69) is 11.4 Å². The van der Waals surface area contributed by atoms with Gasteiger partial charge in [-0.15, -0.1) is 0 Å². The average molecular weight is 251 g/mol. The van der Waals surface area contributed by atoms with E-state index in [-0.39, 0.29) is 11.9 Å². The van der Waals surface area contributed by atoms with Crippen molar-refractivity contribution in [3.05, 3.63) is 34.3 Å². The summed E-state index contributed by atoms with van der Waals surface area (Å²) in [6.07, 6.45) is 1.06. The van der Waals surface area contributed by atoms with Gasteiger partial charge in [0.05, 0.1) is 12.5 Å². The Hall–Kier alpha value is -1.53. The summed E-state index contributed by atoms with van der Waals surface area (Å²) < 4.78 is 0. The van der Waals surface area contributed by atoms with Crippen LogP contribution in [-0.4, -0.2) is 11.9 Å². The third-order valence-corrected chi connectivity index (χ3v) is 3.09. The number of nitrogens with one attached hydrogen (secondary N) is 1. The average Bonchev–Trinajstić information content (AvgIpc) is 2.31. The molecule has 0 aromatic heterocycles. The largest absolute Gasteiger partial charge is 0.348 e. The van der Waals surface area contributed by atoms with E-state index in [0.29, 0.717) is 17.0 Å². The molecule has 1 aromatic carbocycles. The van der Waals surface area contributed by atoms with Crippen LogP contribution in [0.25, 0.3) is 0 Å². The molecule has 0 saturated heterocycles. The van der Waals surface area contributed by atoms with Crippen LogP contribution in [0.15, 0.2) is 18.2 Å². The summed E-state index contributed by atoms with van der Waals surface area (Å²) in [5, 5.41) is 12.0. The van der Waals surface area contributed by atoms with Crippen molar-refractivity contribution in [2.24, 2.45) is 0 Å². The summed E-state index contributed by atoms with van der Waals surface area (Å²) in [6, 6.07) is 7.18. The minimum atomic E-state index is -0.174. The van der Waals surface area contributed by atoms with Gasteiger partial charge in [-0.2, -0.15) is 5.26 Å². The Morgan fingerprint density at radius 3 is 2.88 bits per heavy atom. The molecular formula is C13H15ClN2O. The first-order valence-corrected chi connectivity index (χ1v) is 5.90. The molecule has 1 atom stereocenters. The molecule has 1 aromatic rings. The molecular weight excluding hydrogens is 236 g/mol. The number of halogens is 1. The first-order chi connectivity index (χ1) is 8.10. The highest BCUT2D eigenvalue weighted by Gasteiger charge is 2.14. The van der Waals surface area contributed by atoms with E-state index in [0.717, 1.165) is 12.0 Å². The number of hydrogen-bond acceptors (Lipinski definition) is 2. The number of carbonyl (C=O) groups is 1. The van der Waals surface area contributed by atoms with Crippen molar-refractivity contribution in [1.29, 1.82) is 5.26 Å². The van der Waals surface area contributed by atoms with Crippen LogP contribution in [0.5, 0.6) is 0 Å². The SMILES string of the molecule is CCC(CC#N)NC(=O)c1cccc(Cl)c1C. The number of nitrogens with zero attached hydrogens (tertiary/aromatic N) is 1. The second-order valence-electron chi connectivity index (χ2n) is 3.85. The van der Waals surface area contributed by atoms with Crippen molar-refractivity contribution in [2.45, 2.75) is 32.7 Å². The van der Waals surface area contributed by atoms with Crippen LogP contribution in [0.2, 0.25) is 5.02 Å². The molecule has 0 radical (unpaired) electrons. The van der Waals surface area contributed by atoms with Gasteiger partial charge in [0.15, 0.2) is 0 Å². The Labute approximate surface area is 106 Å². The number of carbonyl (C=O) groups excluding carboxylic acids is 1. The molecule has 1 rings (SSSR count). The van der Waals surface area contributed by atoms with Crippen molar-refractivity contribution in [1.82, 2.24) is 5.32 Å². The summed E-state index contributed by atoms with van der Waals surface area (Å²) in [7, 11) is 0. The molecule has 0 bridgehead atoms. The predicted molar refractivity (Wildman–Crippen MR) is 68.0 cm³/mol. The predicted octanol–water partition coefficient (Wildman–Crippen LogP) is 3.07. The van der Waals surface area contributed by atoms with Crippen LogP contribution in [-0.2, 0) is 0 Å². The molecule has 17 heavy (non-hydrogen) atoms. The lowest BCUT2D eigenvalue weighted by molar-refractivity contribution is 0.0936. The maximum atomic E-state index is 12.0. The van der Waals surface area contributed by atoms with E-state index in [1.54, 1.807) is 18.2 Å². The number of rotatable bonds is 4. The molecule has 1 amide bonds. The lowest BCUT2D eigenvalue weighted by atomic mass is 10.1. The van der Waals surface area contributed by atoms with Crippen LogP contribution in [0, 0.1) is 18.3 Å². The summed E-state index contributed by atoms with van der Waals surface area (Å²) in [5.41, 5.74) is 1.33. The molecule has 0 spiro atoms. The number of hydrogen-bond donors (Lipinski definition) is 1. The van der Waals surface area contributed by atoms with E-state index in [1.165, 1.54) is 0 Å². The fraction of sp³-hybridized carbons (Fsp3) is 0.385. The van der Waals surface area contributed by atoms with Gasteiger partial charge in [0.25, 0.3) is 5.91 Å². The highest BCUT2D eigenvalue weighted by molar-refractivity contribution is 6.31. The van der Waals surface area contributed by atoms with Gasteiger partial charge >= 0.3 is 0 Å². The maximum Gasteiger partial charge on any atom is 0.251 e. The monoisotopic (exact) mass is 250 g/mol. The topological polar surface area (TPSA) is 52.9 Å². The van der Waals surface area contributed by atoms with E-state index in [9.17, 15) is 4.79 Å². The molecule has 0 aliphatic rings.